The van der Waals surface area contributed by atoms with E-state index >= 15 is 0 Å². The van der Waals surface area contributed by atoms with Gasteiger partial charge < -0.3 is 9.67 Å². The van der Waals surface area contributed by atoms with Crippen LogP contribution in [0.1, 0.15) is 19.0 Å². The number of aromatic nitrogens is 1. The summed E-state index contributed by atoms with van der Waals surface area (Å²) in [5.74, 6) is 0. The zero-order chi connectivity index (χ0) is 11.4. The van der Waals surface area contributed by atoms with Crippen LogP contribution in [0.5, 0.6) is 0 Å². The maximum Gasteiger partial charge on any atom is 0.0664 e. The van der Waals surface area contributed by atoms with Crippen molar-refractivity contribution in [3.8, 4) is 0 Å². The van der Waals surface area contributed by atoms with E-state index in [0.29, 0.717) is 6.54 Å². The van der Waals surface area contributed by atoms with E-state index in [-0.39, 0.29) is 6.10 Å². The van der Waals surface area contributed by atoms with Crippen LogP contribution in [0.25, 0.3) is 0 Å². The number of likely N-dealkylation sites (N-methyl/N-ethyl adjacent to an activating group) is 1. The lowest BCUT2D eigenvalue weighted by Gasteiger charge is -2.19. The van der Waals surface area contributed by atoms with Gasteiger partial charge >= 0.3 is 0 Å². The van der Waals surface area contributed by atoms with Gasteiger partial charge in [0.05, 0.1) is 11.1 Å². The van der Waals surface area contributed by atoms with E-state index in [0.717, 1.165) is 23.7 Å². The standard InChI is InChI=1S/C11H19ClN2O/c1-4-11(15)8-13(2)7-10-5-9(12)6-14(10)3/h5-6,11,15H,4,7-8H2,1-3H3. The largest absolute Gasteiger partial charge is 0.392 e. The summed E-state index contributed by atoms with van der Waals surface area (Å²) in [6, 6.07) is 1.95. The zero-order valence-electron chi connectivity index (χ0n) is 9.57. The van der Waals surface area contributed by atoms with Crippen molar-refractivity contribution in [3.05, 3.63) is 23.0 Å². The summed E-state index contributed by atoms with van der Waals surface area (Å²) in [5, 5.41) is 10.3. The summed E-state index contributed by atoms with van der Waals surface area (Å²) in [6.45, 7) is 3.48. The first-order chi connectivity index (χ1) is 7.02. The van der Waals surface area contributed by atoms with Gasteiger partial charge in [-0.25, -0.2) is 0 Å². The van der Waals surface area contributed by atoms with E-state index in [1.54, 1.807) is 0 Å². The van der Waals surface area contributed by atoms with E-state index in [2.05, 4.69) is 4.90 Å². The zero-order valence-corrected chi connectivity index (χ0v) is 10.3. The molecule has 0 aliphatic heterocycles. The highest BCUT2D eigenvalue weighted by atomic mass is 35.5. The highest BCUT2D eigenvalue weighted by Crippen LogP contribution is 2.14. The van der Waals surface area contributed by atoms with Crippen molar-refractivity contribution >= 4 is 11.6 Å². The molecule has 0 spiro atoms. The molecule has 0 amide bonds. The number of nitrogens with zero attached hydrogens (tertiary/aromatic N) is 2. The number of hydrogen-bond donors (Lipinski definition) is 1. The lowest BCUT2D eigenvalue weighted by Crippen LogP contribution is -2.28. The second kappa shape index (κ2) is 5.54. The normalized spacial score (nSPS) is 13.5. The molecule has 1 rings (SSSR count). The highest BCUT2D eigenvalue weighted by Gasteiger charge is 2.08. The first-order valence-corrected chi connectivity index (χ1v) is 5.58. The number of aliphatic hydroxyl groups excluding tert-OH is 1. The van der Waals surface area contributed by atoms with E-state index in [1.165, 1.54) is 0 Å². The molecule has 0 saturated heterocycles. The minimum atomic E-state index is -0.245. The predicted molar refractivity (Wildman–Crippen MR) is 63.1 cm³/mol. The van der Waals surface area contributed by atoms with Crippen LogP contribution in [-0.4, -0.2) is 34.3 Å². The SMILES string of the molecule is CCC(O)CN(C)Cc1cc(Cl)cn1C. The molecule has 0 bridgehead atoms. The van der Waals surface area contributed by atoms with Crippen molar-refractivity contribution in [1.82, 2.24) is 9.47 Å². The molecular formula is C11H19ClN2O. The number of aryl methyl sites for hydroxylation is 1. The Kier molecular flexibility index (Phi) is 4.64. The molecule has 0 aliphatic carbocycles. The Morgan fingerprint density at radius 1 is 1.60 bits per heavy atom. The molecule has 1 unspecified atom stereocenters. The molecule has 1 N–H and O–H groups in total. The Morgan fingerprint density at radius 3 is 2.73 bits per heavy atom. The van der Waals surface area contributed by atoms with Crippen LogP contribution in [0.4, 0.5) is 0 Å². The molecule has 1 heterocycles. The quantitative estimate of drug-likeness (QED) is 0.837. The molecule has 86 valence electrons. The predicted octanol–water partition coefficient (Wildman–Crippen LogP) is 1.88. The molecule has 0 saturated carbocycles. The van der Waals surface area contributed by atoms with Crippen molar-refractivity contribution < 1.29 is 5.11 Å². The van der Waals surface area contributed by atoms with Crippen LogP contribution >= 0.6 is 11.6 Å². The first-order valence-electron chi connectivity index (χ1n) is 5.20. The third-order valence-corrected chi connectivity index (χ3v) is 2.71. The van der Waals surface area contributed by atoms with Crippen LogP contribution in [0.15, 0.2) is 12.3 Å². The fourth-order valence-electron chi connectivity index (χ4n) is 1.55. The summed E-state index contributed by atoms with van der Waals surface area (Å²) >= 11 is 5.89. The molecule has 3 nitrogen and oxygen atoms in total. The van der Waals surface area contributed by atoms with Crippen molar-refractivity contribution in [3.63, 3.8) is 0 Å². The summed E-state index contributed by atoms with van der Waals surface area (Å²) in [4.78, 5) is 2.10. The van der Waals surface area contributed by atoms with Crippen molar-refractivity contribution in [2.24, 2.45) is 7.05 Å². The molecule has 0 radical (unpaired) electrons. The van der Waals surface area contributed by atoms with E-state index in [1.807, 2.05) is 37.8 Å². The molecule has 1 aromatic rings. The number of hydrogen-bond acceptors (Lipinski definition) is 2. The molecule has 0 fully saturated rings. The maximum absolute atomic E-state index is 9.51. The number of halogens is 1. The Hall–Kier alpha value is -0.510. The molecule has 4 heteroatoms. The molecule has 1 atom stereocenters. The second-order valence-electron chi connectivity index (χ2n) is 4.02. The van der Waals surface area contributed by atoms with E-state index < -0.39 is 0 Å². The molecule has 1 aromatic heterocycles. The Morgan fingerprint density at radius 2 is 2.27 bits per heavy atom. The lowest BCUT2D eigenvalue weighted by atomic mass is 10.2. The average molecular weight is 231 g/mol. The lowest BCUT2D eigenvalue weighted by molar-refractivity contribution is 0.118. The van der Waals surface area contributed by atoms with Crippen LogP contribution < -0.4 is 0 Å². The van der Waals surface area contributed by atoms with Crippen molar-refractivity contribution in [2.45, 2.75) is 26.0 Å². The van der Waals surface area contributed by atoms with Gasteiger partial charge in [0.15, 0.2) is 0 Å². The fraction of sp³-hybridized carbons (Fsp3) is 0.636. The van der Waals surface area contributed by atoms with E-state index in [9.17, 15) is 5.11 Å². The Labute approximate surface area is 96.3 Å². The topological polar surface area (TPSA) is 28.4 Å². The Bertz CT molecular complexity index is 312. The van der Waals surface area contributed by atoms with Crippen LogP contribution in [0.3, 0.4) is 0 Å². The second-order valence-corrected chi connectivity index (χ2v) is 4.46. The minimum absolute atomic E-state index is 0.245. The van der Waals surface area contributed by atoms with Gasteiger partial charge in [0, 0.05) is 32.0 Å². The van der Waals surface area contributed by atoms with Gasteiger partial charge in [-0.3, -0.25) is 4.90 Å². The molecule has 0 aromatic carbocycles. The van der Waals surface area contributed by atoms with Gasteiger partial charge in [-0.1, -0.05) is 18.5 Å². The van der Waals surface area contributed by atoms with Gasteiger partial charge in [0.2, 0.25) is 0 Å². The third kappa shape index (κ3) is 3.86. The molecular weight excluding hydrogens is 212 g/mol. The highest BCUT2D eigenvalue weighted by molar-refractivity contribution is 6.30. The average Bonchev–Trinajstić information content (AvgIpc) is 2.44. The minimum Gasteiger partial charge on any atom is -0.392 e. The third-order valence-electron chi connectivity index (χ3n) is 2.50. The summed E-state index contributed by atoms with van der Waals surface area (Å²) in [7, 11) is 3.98. The fourth-order valence-corrected chi connectivity index (χ4v) is 1.83. The summed E-state index contributed by atoms with van der Waals surface area (Å²) in [6.07, 6.45) is 2.44. The first kappa shape index (κ1) is 12.6. The van der Waals surface area contributed by atoms with Crippen LogP contribution in [-0.2, 0) is 13.6 Å². The number of aliphatic hydroxyl groups is 1. The van der Waals surface area contributed by atoms with E-state index in [4.69, 9.17) is 11.6 Å². The Balaban J connectivity index is 2.50. The van der Waals surface area contributed by atoms with Gasteiger partial charge in [0.1, 0.15) is 0 Å². The van der Waals surface area contributed by atoms with Gasteiger partial charge in [-0.05, 0) is 19.5 Å². The molecule has 15 heavy (non-hydrogen) atoms. The monoisotopic (exact) mass is 230 g/mol. The van der Waals surface area contributed by atoms with Crippen LogP contribution in [0.2, 0.25) is 5.02 Å². The van der Waals surface area contributed by atoms with Gasteiger partial charge in [-0.15, -0.1) is 0 Å². The van der Waals surface area contributed by atoms with Crippen molar-refractivity contribution in [2.75, 3.05) is 13.6 Å². The maximum atomic E-state index is 9.51. The van der Waals surface area contributed by atoms with Crippen LogP contribution in [0, 0.1) is 0 Å². The summed E-state index contributed by atoms with van der Waals surface area (Å²) < 4.78 is 2.01. The summed E-state index contributed by atoms with van der Waals surface area (Å²) in [5.41, 5.74) is 1.16. The molecule has 0 aliphatic rings. The smallest absolute Gasteiger partial charge is 0.0664 e. The van der Waals surface area contributed by atoms with Gasteiger partial charge in [0.25, 0.3) is 0 Å². The number of rotatable bonds is 5. The van der Waals surface area contributed by atoms with Gasteiger partial charge in [-0.2, -0.15) is 0 Å². The van der Waals surface area contributed by atoms with Crippen molar-refractivity contribution in [1.29, 1.82) is 0 Å².